The van der Waals surface area contributed by atoms with Crippen LogP contribution in [0.5, 0.6) is 0 Å². The molecule has 0 aliphatic carbocycles. The third-order valence-electron chi connectivity index (χ3n) is 1.01. The van der Waals surface area contributed by atoms with E-state index in [4.69, 9.17) is 5.11 Å². The molecular weight excluding hydrogens is 178 g/mol. The number of hydrogen-bond acceptors (Lipinski definition) is 4. The monoisotopic (exact) mass is 187 g/mol. The van der Waals surface area contributed by atoms with E-state index < -0.39 is 17.8 Å². The minimum atomic E-state index is -1.23. The normalized spacial score (nSPS) is 9.62. The van der Waals surface area contributed by atoms with E-state index in [-0.39, 0.29) is 6.54 Å². The van der Waals surface area contributed by atoms with Gasteiger partial charge in [-0.15, -0.1) is 0 Å². The summed E-state index contributed by atoms with van der Waals surface area (Å²) in [5.74, 6) is -2.49. The summed E-state index contributed by atoms with van der Waals surface area (Å²) in [5, 5.41) is 10.3. The Hall–Kier alpha value is -1.85. The second-order valence-electron chi connectivity index (χ2n) is 1.97. The quantitative estimate of drug-likeness (QED) is 0.431. The number of methoxy groups -OCH3 is 1. The van der Waals surface area contributed by atoms with Crippen molar-refractivity contribution >= 4 is 17.8 Å². The van der Waals surface area contributed by atoms with Crippen molar-refractivity contribution in [1.29, 1.82) is 0 Å². The molecule has 0 bridgehead atoms. The molecule has 0 saturated carbocycles. The lowest BCUT2D eigenvalue weighted by molar-refractivity contribution is -0.140. The molecule has 0 saturated heterocycles. The van der Waals surface area contributed by atoms with E-state index >= 15 is 0 Å². The molecule has 0 aromatic rings. The predicted molar refractivity (Wildman–Crippen MR) is 41.8 cm³/mol. The Morgan fingerprint density at radius 1 is 1.38 bits per heavy atom. The van der Waals surface area contributed by atoms with Crippen LogP contribution in [0.15, 0.2) is 12.2 Å². The second kappa shape index (κ2) is 5.76. The van der Waals surface area contributed by atoms with Crippen LogP contribution in [-0.2, 0) is 19.1 Å². The van der Waals surface area contributed by atoms with Gasteiger partial charge in [-0.3, -0.25) is 9.59 Å². The number of carboxylic acids is 1. The SMILES string of the molecule is COC(=O)CNC(=O)/C=C/C(=O)O. The molecule has 0 radical (unpaired) electrons. The van der Waals surface area contributed by atoms with Gasteiger partial charge in [0.05, 0.1) is 7.11 Å². The minimum absolute atomic E-state index is 0.278. The molecule has 0 unspecified atom stereocenters. The Balaban J connectivity index is 3.76. The van der Waals surface area contributed by atoms with Crippen molar-refractivity contribution in [2.24, 2.45) is 0 Å². The number of carbonyl (C=O) groups excluding carboxylic acids is 2. The number of carboxylic acid groups (broad SMARTS) is 1. The number of nitrogens with one attached hydrogen (secondary N) is 1. The summed E-state index contributed by atoms with van der Waals surface area (Å²) in [4.78, 5) is 31.1. The van der Waals surface area contributed by atoms with E-state index in [0.717, 1.165) is 6.08 Å². The molecule has 6 nitrogen and oxygen atoms in total. The highest BCUT2D eigenvalue weighted by molar-refractivity contribution is 5.95. The van der Waals surface area contributed by atoms with Crippen LogP contribution in [0.4, 0.5) is 0 Å². The summed E-state index contributed by atoms with van der Waals surface area (Å²) in [6.45, 7) is -0.278. The molecule has 0 spiro atoms. The molecule has 0 rings (SSSR count). The van der Waals surface area contributed by atoms with Crippen LogP contribution in [0.3, 0.4) is 0 Å². The molecule has 0 aromatic heterocycles. The third kappa shape index (κ3) is 6.54. The third-order valence-corrected chi connectivity index (χ3v) is 1.01. The molecule has 0 fully saturated rings. The van der Waals surface area contributed by atoms with Crippen molar-refractivity contribution in [2.75, 3.05) is 13.7 Å². The maximum atomic E-state index is 10.7. The summed E-state index contributed by atoms with van der Waals surface area (Å²) in [7, 11) is 1.18. The van der Waals surface area contributed by atoms with Gasteiger partial charge in [-0.25, -0.2) is 4.79 Å². The summed E-state index contributed by atoms with van der Waals surface area (Å²) in [5.41, 5.74) is 0. The average molecular weight is 187 g/mol. The van der Waals surface area contributed by atoms with E-state index in [1.165, 1.54) is 7.11 Å². The largest absolute Gasteiger partial charge is 0.478 e. The standard InChI is InChI=1S/C7H9NO5/c1-13-7(12)4-8-5(9)2-3-6(10)11/h2-3H,4H2,1H3,(H,8,9)(H,10,11)/b3-2+. The zero-order valence-electron chi connectivity index (χ0n) is 6.94. The van der Waals surface area contributed by atoms with Crippen LogP contribution in [-0.4, -0.2) is 36.6 Å². The highest BCUT2D eigenvalue weighted by atomic mass is 16.5. The van der Waals surface area contributed by atoms with Gasteiger partial charge in [-0.05, 0) is 0 Å². The van der Waals surface area contributed by atoms with Crippen molar-refractivity contribution in [1.82, 2.24) is 5.32 Å². The van der Waals surface area contributed by atoms with E-state index in [0.29, 0.717) is 6.08 Å². The zero-order valence-corrected chi connectivity index (χ0v) is 6.94. The smallest absolute Gasteiger partial charge is 0.328 e. The fraction of sp³-hybridized carbons (Fsp3) is 0.286. The number of esters is 1. The van der Waals surface area contributed by atoms with Crippen LogP contribution in [0, 0.1) is 0 Å². The van der Waals surface area contributed by atoms with E-state index in [1.54, 1.807) is 0 Å². The van der Waals surface area contributed by atoms with Gasteiger partial charge in [0.1, 0.15) is 6.54 Å². The lowest BCUT2D eigenvalue weighted by Gasteiger charge is -1.98. The van der Waals surface area contributed by atoms with Gasteiger partial charge in [0, 0.05) is 12.2 Å². The molecule has 72 valence electrons. The first kappa shape index (κ1) is 11.2. The molecule has 0 aliphatic heterocycles. The Morgan fingerprint density at radius 2 is 2.00 bits per heavy atom. The summed E-state index contributed by atoms with van der Waals surface area (Å²) >= 11 is 0. The highest BCUT2D eigenvalue weighted by Crippen LogP contribution is 1.75. The number of aliphatic carboxylic acids is 1. The lowest BCUT2D eigenvalue weighted by Crippen LogP contribution is -2.28. The molecule has 6 heteroatoms. The van der Waals surface area contributed by atoms with Crippen molar-refractivity contribution < 1.29 is 24.2 Å². The van der Waals surface area contributed by atoms with E-state index in [2.05, 4.69) is 10.1 Å². The number of ether oxygens (including phenoxy) is 1. The van der Waals surface area contributed by atoms with E-state index in [1.807, 2.05) is 0 Å². The fourth-order valence-corrected chi connectivity index (χ4v) is 0.437. The van der Waals surface area contributed by atoms with Crippen LogP contribution in [0.1, 0.15) is 0 Å². The maximum absolute atomic E-state index is 10.7. The van der Waals surface area contributed by atoms with Crippen LogP contribution in [0.2, 0.25) is 0 Å². The molecule has 2 N–H and O–H groups in total. The number of hydrogen-bond donors (Lipinski definition) is 2. The topological polar surface area (TPSA) is 92.7 Å². The van der Waals surface area contributed by atoms with Crippen molar-refractivity contribution in [3.8, 4) is 0 Å². The Bertz CT molecular complexity index is 245. The first-order chi connectivity index (χ1) is 6.06. The summed E-state index contributed by atoms with van der Waals surface area (Å²) < 4.78 is 4.23. The lowest BCUT2D eigenvalue weighted by atomic mass is 10.4. The number of amides is 1. The molecule has 13 heavy (non-hydrogen) atoms. The molecular formula is C7H9NO5. The molecule has 0 aromatic carbocycles. The highest BCUT2D eigenvalue weighted by Gasteiger charge is 2.01. The van der Waals surface area contributed by atoms with Crippen LogP contribution in [0.25, 0.3) is 0 Å². The maximum Gasteiger partial charge on any atom is 0.328 e. The van der Waals surface area contributed by atoms with Gasteiger partial charge in [0.25, 0.3) is 0 Å². The van der Waals surface area contributed by atoms with Gasteiger partial charge < -0.3 is 15.2 Å². The van der Waals surface area contributed by atoms with Crippen LogP contribution < -0.4 is 5.32 Å². The molecule has 0 heterocycles. The average Bonchev–Trinajstić information content (AvgIpc) is 2.10. The van der Waals surface area contributed by atoms with Gasteiger partial charge in [-0.1, -0.05) is 0 Å². The van der Waals surface area contributed by atoms with Crippen molar-refractivity contribution in [2.45, 2.75) is 0 Å². The number of rotatable bonds is 4. The van der Waals surface area contributed by atoms with Gasteiger partial charge in [-0.2, -0.15) is 0 Å². The van der Waals surface area contributed by atoms with Crippen LogP contribution >= 0.6 is 0 Å². The van der Waals surface area contributed by atoms with Gasteiger partial charge in [0.15, 0.2) is 0 Å². The minimum Gasteiger partial charge on any atom is -0.478 e. The van der Waals surface area contributed by atoms with Crippen molar-refractivity contribution in [3.05, 3.63) is 12.2 Å². The number of carbonyl (C=O) groups is 3. The van der Waals surface area contributed by atoms with E-state index in [9.17, 15) is 14.4 Å². The van der Waals surface area contributed by atoms with Crippen molar-refractivity contribution in [3.63, 3.8) is 0 Å². The Morgan fingerprint density at radius 3 is 2.46 bits per heavy atom. The van der Waals surface area contributed by atoms with Gasteiger partial charge in [0.2, 0.25) is 5.91 Å². The first-order valence-electron chi connectivity index (χ1n) is 3.32. The molecule has 0 aliphatic rings. The summed E-state index contributed by atoms with van der Waals surface area (Å²) in [6.07, 6.45) is 1.48. The van der Waals surface area contributed by atoms with Gasteiger partial charge >= 0.3 is 11.9 Å². The second-order valence-corrected chi connectivity index (χ2v) is 1.97. The first-order valence-corrected chi connectivity index (χ1v) is 3.32. The Kier molecular flexibility index (Phi) is 4.94. The predicted octanol–water partition coefficient (Wildman–Crippen LogP) is -1.08. The zero-order chi connectivity index (χ0) is 10.3. The Labute approximate surface area is 74.2 Å². The fourth-order valence-electron chi connectivity index (χ4n) is 0.437. The molecule has 1 amide bonds. The summed E-state index contributed by atoms with van der Waals surface area (Å²) in [6, 6.07) is 0. The molecule has 0 atom stereocenters.